The van der Waals surface area contributed by atoms with Crippen LogP contribution in [-0.2, 0) is 14.3 Å². The first-order valence-electron chi connectivity index (χ1n) is 12.3. The van der Waals surface area contributed by atoms with Crippen LogP contribution in [0.25, 0.3) is 0 Å². The van der Waals surface area contributed by atoms with Crippen LogP contribution in [0.2, 0.25) is 0 Å². The predicted molar refractivity (Wildman–Crippen MR) is 141 cm³/mol. The Morgan fingerprint density at radius 2 is 1.74 bits per heavy atom. The standard InChI is InChI=1S/C27H39N3O4S/c1-7-19-13-15-20(16-14-19)23(24(31)28-21-11-9-8-10-12-21)30(18(2)3)25(32)22(17-35)29-26(33)34-27(4,5)6/h1,13-16,18,21-23,35H,8-12,17H2,2-6H3,(H,28,31)(H,29,33). The molecular weight excluding hydrogens is 462 g/mol. The van der Waals surface area contributed by atoms with Gasteiger partial charge in [0.2, 0.25) is 11.8 Å². The van der Waals surface area contributed by atoms with Gasteiger partial charge >= 0.3 is 6.09 Å². The van der Waals surface area contributed by atoms with Gasteiger partial charge < -0.3 is 20.3 Å². The summed E-state index contributed by atoms with van der Waals surface area (Å²) in [5, 5.41) is 5.78. The van der Waals surface area contributed by atoms with E-state index in [9.17, 15) is 14.4 Å². The summed E-state index contributed by atoms with van der Waals surface area (Å²) in [6, 6.07) is 4.96. The van der Waals surface area contributed by atoms with Crippen LogP contribution in [-0.4, -0.2) is 52.3 Å². The molecule has 0 radical (unpaired) electrons. The number of hydrogen-bond donors (Lipinski definition) is 3. The molecule has 8 heteroatoms. The van der Waals surface area contributed by atoms with Crippen LogP contribution < -0.4 is 10.6 Å². The van der Waals surface area contributed by atoms with Crippen LogP contribution in [0.4, 0.5) is 4.79 Å². The molecule has 2 atom stereocenters. The maximum Gasteiger partial charge on any atom is 0.408 e. The summed E-state index contributed by atoms with van der Waals surface area (Å²) in [7, 11) is 0. The smallest absolute Gasteiger partial charge is 0.408 e. The summed E-state index contributed by atoms with van der Waals surface area (Å²) in [4.78, 5) is 41.3. The number of terminal acetylenes is 1. The third kappa shape index (κ3) is 8.50. The van der Waals surface area contributed by atoms with Gasteiger partial charge in [0.15, 0.2) is 0 Å². The van der Waals surface area contributed by atoms with Gasteiger partial charge in [-0.05, 0) is 65.2 Å². The highest BCUT2D eigenvalue weighted by Gasteiger charge is 2.38. The van der Waals surface area contributed by atoms with E-state index in [4.69, 9.17) is 11.2 Å². The molecule has 2 N–H and O–H groups in total. The van der Waals surface area contributed by atoms with Gasteiger partial charge in [0.25, 0.3) is 0 Å². The second-order valence-corrected chi connectivity index (χ2v) is 10.6. The number of alkyl carbamates (subject to hydrolysis) is 1. The molecule has 192 valence electrons. The van der Waals surface area contributed by atoms with E-state index in [1.54, 1.807) is 45.0 Å². The average Bonchev–Trinajstić information content (AvgIpc) is 2.79. The molecule has 1 aromatic rings. The van der Waals surface area contributed by atoms with Crippen molar-refractivity contribution in [3.8, 4) is 12.3 Å². The highest BCUT2D eigenvalue weighted by Crippen LogP contribution is 2.27. The summed E-state index contributed by atoms with van der Waals surface area (Å²) < 4.78 is 5.33. The zero-order valence-corrected chi connectivity index (χ0v) is 22.4. The SMILES string of the molecule is C#Cc1ccc(C(C(=O)NC2CCCCC2)N(C(=O)C(CS)NC(=O)OC(C)(C)C)C(C)C)cc1. The number of thiol groups is 1. The van der Waals surface area contributed by atoms with Crippen molar-refractivity contribution in [1.82, 2.24) is 15.5 Å². The number of hydrogen-bond acceptors (Lipinski definition) is 5. The minimum atomic E-state index is -0.967. The van der Waals surface area contributed by atoms with Gasteiger partial charge in [0.1, 0.15) is 17.7 Å². The van der Waals surface area contributed by atoms with Gasteiger partial charge in [-0.15, -0.1) is 6.42 Å². The van der Waals surface area contributed by atoms with Gasteiger partial charge in [-0.1, -0.05) is 37.3 Å². The molecule has 0 spiro atoms. The largest absolute Gasteiger partial charge is 0.444 e. The molecule has 1 saturated carbocycles. The Balaban J connectivity index is 2.39. The Kier molecular flexibility index (Phi) is 10.5. The Morgan fingerprint density at radius 3 is 2.23 bits per heavy atom. The van der Waals surface area contributed by atoms with Crippen molar-refractivity contribution in [2.24, 2.45) is 0 Å². The number of carbonyl (C=O) groups excluding carboxylic acids is 3. The molecule has 1 aliphatic carbocycles. The molecule has 7 nitrogen and oxygen atoms in total. The summed E-state index contributed by atoms with van der Waals surface area (Å²) >= 11 is 4.30. The minimum absolute atomic E-state index is 0.0499. The minimum Gasteiger partial charge on any atom is -0.444 e. The summed E-state index contributed by atoms with van der Waals surface area (Å²) in [6.45, 7) is 8.93. The fourth-order valence-electron chi connectivity index (χ4n) is 4.22. The molecule has 1 aliphatic rings. The molecule has 0 aromatic heterocycles. The molecule has 2 unspecified atom stereocenters. The van der Waals surface area contributed by atoms with E-state index in [1.165, 1.54) is 11.3 Å². The molecule has 2 rings (SSSR count). The number of nitrogens with one attached hydrogen (secondary N) is 2. The van der Waals surface area contributed by atoms with Crippen LogP contribution in [0.5, 0.6) is 0 Å². The van der Waals surface area contributed by atoms with E-state index in [2.05, 4.69) is 29.2 Å². The number of ether oxygens (including phenoxy) is 1. The monoisotopic (exact) mass is 501 g/mol. The quantitative estimate of drug-likeness (QED) is 0.368. The molecule has 1 fully saturated rings. The van der Waals surface area contributed by atoms with Gasteiger partial charge in [0, 0.05) is 23.4 Å². The molecule has 1 aromatic carbocycles. The summed E-state index contributed by atoms with van der Waals surface area (Å²) in [6.07, 6.45) is 9.94. The predicted octanol–water partition coefficient (Wildman–Crippen LogP) is 4.22. The molecule has 0 saturated heterocycles. The fourth-order valence-corrected chi connectivity index (χ4v) is 4.47. The first-order chi connectivity index (χ1) is 16.5. The van der Waals surface area contributed by atoms with Crippen molar-refractivity contribution in [2.75, 3.05) is 5.75 Å². The van der Waals surface area contributed by atoms with E-state index in [1.807, 2.05) is 13.8 Å². The van der Waals surface area contributed by atoms with Gasteiger partial charge in [-0.25, -0.2) is 4.79 Å². The summed E-state index contributed by atoms with van der Waals surface area (Å²) in [5.41, 5.74) is 0.615. The topological polar surface area (TPSA) is 87.7 Å². The van der Waals surface area contributed by atoms with Crippen LogP contribution in [0, 0.1) is 12.3 Å². The maximum atomic E-state index is 13.7. The fraction of sp³-hybridized carbons (Fsp3) is 0.593. The van der Waals surface area contributed by atoms with Crippen molar-refractivity contribution in [2.45, 2.75) is 96.5 Å². The number of nitrogens with zero attached hydrogens (tertiary/aromatic N) is 1. The molecule has 0 heterocycles. The zero-order chi connectivity index (χ0) is 26.2. The van der Waals surface area contributed by atoms with Crippen molar-refractivity contribution in [3.05, 3.63) is 35.4 Å². The van der Waals surface area contributed by atoms with Gasteiger partial charge in [-0.3, -0.25) is 9.59 Å². The highest BCUT2D eigenvalue weighted by atomic mass is 32.1. The van der Waals surface area contributed by atoms with E-state index >= 15 is 0 Å². The Morgan fingerprint density at radius 1 is 1.14 bits per heavy atom. The maximum absolute atomic E-state index is 13.7. The first-order valence-corrected chi connectivity index (χ1v) is 12.9. The number of rotatable bonds is 8. The lowest BCUT2D eigenvalue weighted by molar-refractivity contribution is -0.144. The van der Waals surface area contributed by atoms with Crippen molar-refractivity contribution in [1.29, 1.82) is 0 Å². The third-order valence-electron chi connectivity index (χ3n) is 5.85. The van der Waals surface area contributed by atoms with Gasteiger partial charge in [0.05, 0.1) is 0 Å². The molecular formula is C27H39N3O4S. The summed E-state index contributed by atoms with van der Waals surface area (Å²) in [5.74, 6) is 1.97. The molecule has 0 aliphatic heterocycles. The normalized spacial score (nSPS) is 16.1. The highest BCUT2D eigenvalue weighted by molar-refractivity contribution is 7.80. The van der Waals surface area contributed by atoms with E-state index < -0.39 is 29.7 Å². The first kappa shape index (κ1) is 28.6. The number of amides is 3. The van der Waals surface area contributed by atoms with E-state index in [0.717, 1.165) is 25.7 Å². The van der Waals surface area contributed by atoms with Gasteiger partial charge in [-0.2, -0.15) is 12.6 Å². The van der Waals surface area contributed by atoms with Crippen molar-refractivity contribution < 1.29 is 19.1 Å². The van der Waals surface area contributed by atoms with E-state index in [0.29, 0.717) is 11.1 Å². The second-order valence-electron chi connectivity index (χ2n) is 10.2. The van der Waals surface area contributed by atoms with E-state index in [-0.39, 0.29) is 23.7 Å². The van der Waals surface area contributed by atoms with Crippen LogP contribution >= 0.6 is 12.6 Å². The zero-order valence-electron chi connectivity index (χ0n) is 21.5. The average molecular weight is 502 g/mol. The van der Waals surface area contributed by atoms with Crippen molar-refractivity contribution in [3.63, 3.8) is 0 Å². The molecule has 3 amide bonds. The Labute approximate surface area is 215 Å². The van der Waals surface area contributed by atoms with Crippen LogP contribution in [0.15, 0.2) is 24.3 Å². The Hall–Kier alpha value is -2.66. The van der Waals surface area contributed by atoms with Crippen LogP contribution in [0.3, 0.4) is 0 Å². The number of benzene rings is 1. The van der Waals surface area contributed by atoms with Crippen molar-refractivity contribution >= 4 is 30.5 Å². The Bertz CT molecular complexity index is 912. The lowest BCUT2D eigenvalue weighted by atomic mass is 9.94. The molecule has 0 bridgehead atoms. The second kappa shape index (κ2) is 12.9. The lowest BCUT2D eigenvalue weighted by Gasteiger charge is -2.38. The third-order valence-corrected chi connectivity index (χ3v) is 6.22. The van der Waals surface area contributed by atoms with Crippen LogP contribution in [0.1, 0.15) is 83.9 Å². The number of carbonyl (C=O) groups is 3. The molecule has 35 heavy (non-hydrogen) atoms. The lowest BCUT2D eigenvalue weighted by Crippen LogP contribution is -2.56.